The molecular formula is C14H16N4O2. The average molecular weight is 272 g/mol. The van der Waals surface area contributed by atoms with Crippen LogP contribution in [0.15, 0.2) is 21.2 Å². The van der Waals surface area contributed by atoms with Crippen LogP contribution in [0.4, 0.5) is 0 Å². The number of aromatic nitrogens is 4. The zero-order valence-corrected chi connectivity index (χ0v) is 11.8. The molecule has 20 heavy (non-hydrogen) atoms. The van der Waals surface area contributed by atoms with Gasteiger partial charge in [-0.1, -0.05) is 19.0 Å². The van der Waals surface area contributed by atoms with Crippen LogP contribution in [0.25, 0.3) is 22.6 Å². The summed E-state index contributed by atoms with van der Waals surface area (Å²) in [6, 6.07) is 1.91. The third-order valence-electron chi connectivity index (χ3n) is 3.16. The normalized spacial score (nSPS) is 11.6. The van der Waals surface area contributed by atoms with E-state index in [4.69, 9.17) is 8.94 Å². The summed E-state index contributed by atoms with van der Waals surface area (Å²) >= 11 is 0. The van der Waals surface area contributed by atoms with Crippen LogP contribution in [-0.2, 0) is 6.42 Å². The van der Waals surface area contributed by atoms with Crippen LogP contribution in [-0.4, -0.2) is 20.3 Å². The fourth-order valence-corrected chi connectivity index (χ4v) is 1.95. The van der Waals surface area contributed by atoms with Crippen molar-refractivity contribution in [3.63, 3.8) is 0 Å². The summed E-state index contributed by atoms with van der Waals surface area (Å²) in [4.78, 5) is 4.20. The lowest BCUT2D eigenvalue weighted by molar-refractivity contribution is 0.443. The monoisotopic (exact) mass is 272 g/mol. The van der Waals surface area contributed by atoms with E-state index >= 15 is 0 Å². The maximum absolute atomic E-state index is 5.67. The minimum atomic E-state index is 0.485. The Morgan fingerprint density at radius 1 is 1.25 bits per heavy atom. The maximum atomic E-state index is 5.67. The molecule has 0 N–H and O–H groups in total. The van der Waals surface area contributed by atoms with Crippen molar-refractivity contribution >= 4 is 11.1 Å². The summed E-state index contributed by atoms with van der Waals surface area (Å²) in [7, 11) is 0. The van der Waals surface area contributed by atoms with Crippen LogP contribution >= 0.6 is 0 Å². The van der Waals surface area contributed by atoms with E-state index in [1.54, 1.807) is 6.20 Å². The van der Waals surface area contributed by atoms with Crippen LogP contribution in [0.2, 0.25) is 0 Å². The molecule has 0 saturated heterocycles. The third-order valence-corrected chi connectivity index (χ3v) is 3.16. The van der Waals surface area contributed by atoms with Crippen LogP contribution in [0.3, 0.4) is 0 Å². The summed E-state index contributed by atoms with van der Waals surface area (Å²) in [5.74, 6) is 1.76. The zero-order chi connectivity index (χ0) is 14.1. The highest BCUT2D eigenvalue weighted by Gasteiger charge is 2.13. The van der Waals surface area contributed by atoms with E-state index in [9.17, 15) is 0 Å². The minimum Gasteiger partial charge on any atom is -0.421 e. The Kier molecular flexibility index (Phi) is 3.22. The number of fused-ring (bicyclic) bond motifs is 1. The van der Waals surface area contributed by atoms with Gasteiger partial charge in [-0.2, -0.15) is 0 Å². The highest BCUT2D eigenvalue weighted by Crippen LogP contribution is 2.24. The molecule has 0 aromatic carbocycles. The van der Waals surface area contributed by atoms with Crippen LogP contribution < -0.4 is 0 Å². The molecule has 0 bridgehead atoms. The molecule has 3 heterocycles. The molecule has 0 radical (unpaired) electrons. The Morgan fingerprint density at radius 2 is 2.10 bits per heavy atom. The van der Waals surface area contributed by atoms with E-state index in [0.717, 1.165) is 29.5 Å². The molecule has 0 aliphatic rings. The first kappa shape index (κ1) is 12.8. The zero-order valence-electron chi connectivity index (χ0n) is 11.8. The summed E-state index contributed by atoms with van der Waals surface area (Å²) in [6.45, 7) is 6.22. The Balaban J connectivity index is 1.88. The second kappa shape index (κ2) is 5.03. The standard InChI is InChI=1S/C14H16N4O2/c1-8(2)4-5-12-16-17-13(19-12)10-6-11-9(3)18-20-14(11)15-7-10/h6-8H,4-5H2,1-3H3. The quantitative estimate of drug-likeness (QED) is 0.726. The molecule has 0 unspecified atom stereocenters. The van der Waals surface area contributed by atoms with Gasteiger partial charge in [0.2, 0.25) is 11.8 Å². The lowest BCUT2D eigenvalue weighted by atomic mass is 10.1. The first-order valence-corrected chi connectivity index (χ1v) is 6.68. The van der Waals surface area contributed by atoms with Crippen molar-refractivity contribution in [1.29, 1.82) is 0 Å². The van der Waals surface area contributed by atoms with Crippen LogP contribution in [0, 0.1) is 12.8 Å². The number of nitrogens with zero attached hydrogens (tertiary/aromatic N) is 4. The summed E-state index contributed by atoms with van der Waals surface area (Å²) < 4.78 is 10.8. The maximum Gasteiger partial charge on any atom is 0.257 e. The molecule has 3 aromatic rings. The van der Waals surface area contributed by atoms with Crippen LogP contribution in [0.5, 0.6) is 0 Å². The van der Waals surface area contributed by atoms with Gasteiger partial charge in [-0.25, -0.2) is 4.98 Å². The number of hydrogen-bond donors (Lipinski definition) is 0. The molecule has 0 fully saturated rings. The smallest absolute Gasteiger partial charge is 0.257 e. The Labute approximate surface area is 116 Å². The van der Waals surface area contributed by atoms with Gasteiger partial charge in [0.05, 0.1) is 16.6 Å². The molecule has 0 saturated carbocycles. The topological polar surface area (TPSA) is 77.8 Å². The predicted molar refractivity (Wildman–Crippen MR) is 73.0 cm³/mol. The van der Waals surface area contributed by atoms with Crippen molar-refractivity contribution in [2.45, 2.75) is 33.6 Å². The van der Waals surface area contributed by atoms with Crippen molar-refractivity contribution in [2.75, 3.05) is 0 Å². The van der Waals surface area contributed by atoms with E-state index in [1.165, 1.54) is 0 Å². The molecule has 0 spiro atoms. The molecule has 0 aliphatic heterocycles. The van der Waals surface area contributed by atoms with Gasteiger partial charge >= 0.3 is 0 Å². The second-order valence-electron chi connectivity index (χ2n) is 5.28. The summed E-state index contributed by atoms with van der Waals surface area (Å²) in [5, 5.41) is 12.9. The Morgan fingerprint density at radius 3 is 2.90 bits per heavy atom. The fourth-order valence-electron chi connectivity index (χ4n) is 1.95. The molecule has 3 aromatic heterocycles. The molecule has 3 rings (SSSR count). The van der Waals surface area contributed by atoms with Gasteiger partial charge in [0, 0.05) is 12.6 Å². The second-order valence-corrected chi connectivity index (χ2v) is 5.28. The summed E-state index contributed by atoms with van der Waals surface area (Å²) in [6.07, 6.45) is 3.49. The van der Waals surface area contributed by atoms with Gasteiger partial charge < -0.3 is 8.94 Å². The van der Waals surface area contributed by atoms with E-state index in [0.29, 0.717) is 23.4 Å². The van der Waals surface area contributed by atoms with Crippen molar-refractivity contribution < 1.29 is 8.94 Å². The lowest BCUT2D eigenvalue weighted by Gasteiger charge is -1.99. The molecule has 6 nitrogen and oxygen atoms in total. The van der Waals surface area contributed by atoms with E-state index in [-0.39, 0.29) is 0 Å². The van der Waals surface area contributed by atoms with Crippen LogP contribution in [0.1, 0.15) is 31.9 Å². The first-order chi connectivity index (χ1) is 9.63. The van der Waals surface area contributed by atoms with Gasteiger partial charge in [0.25, 0.3) is 5.71 Å². The van der Waals surface area contributed by atoms with Gasteiger partial charge in [-0.3, -0.25) is 0 Å². The number of rotatable bonds is 4. The van der Waals surface area contributed by atoms with Crippen molar-refractivity contribution in [1.82, 2.24) is 20.3 Å². The van der Waals surface area contributed by atoms with Gasteiger partial charge in [-0.15, -0.1) is 10.2 Å². The molecule has 0 aliphatic carbocycles. The number of hydrogen-bond acceptors (Lipinski definition) is 6. The largest absolute Gasteiger partial charge is 0.421 e. The van der Waals surface area contributed by atoms with Gasteiger partial charge in [0.1, 0.15) is 0 Å². The lowest BCUT2D eigenvalue weighted by Crippen LogP contribution is -1.91. The van der Waals surface area contributed by atoms with Gasteiger partial charge in [0.15, 0.2) is 0 Å². The van der Waals surface area contributed by atoms with Crippen molar-refractivity contribution in [2.24, 2.45) is 5.92 Å². The van der Waals surface area contributed by atoms with E-state index < -0.39 is 0 Å². The fraction of sp³-hybridized carbons (Fsp3) is 0.429. The molecular weight excluding hydrogens is 256 g/mol. The van der Waals surface area contributed by atoms with E-state index in [2.05, 4.69) is 34.2 Å². The molecule has 0 amide bonds. The molecule has 0 atom stereocenters. The minimum absolute atomic E-state index is 0.485. The molecule has 104 valence electrons. The Bertz CT molecular complexity index is 730. The third kappa shape index (κ3) is 2.41. The SMILES string of the molecule is Cc1noc2ncc(-c3nnc(CCC(C)C)o3)cc12. The van der Waals surface area contributed by atoms with Crippen molar-refractivity contribution in [3.8, 4) is 11.5 Å². The molecule has 6 heteroatoms. The van der Waals surface area contributed by atoms with E-state index in [1.807, 2.05) is 13.0 Å². The Hall–Kier alpha value is -2.24. The highest BCUT2D eigenvalue weighted by atomic mass is 16.5. The number of aryl methyl sites for hydroxylation is 2. The predicted octanol–water partition coefficient (Wildman–Crippen LogP) is 3.17. The highest BCUT2D eigenvalue weighted by molar-refractivity contribution is 5.79. The number of pyridine rings is 1. The van der Waals surface area contributed by atoms with Crippen molar-refractivity contribution in [3.05, 3.63) is 23.8 Å². The van der Waals surface area contributed by atoms with Gasteiger partial charge in [-0.05, 0) is 25.3 Å². The first-order valence-electron chi connectivity index (χ1n) is 6.68. The summed E-state index contributed by atoms with van der Waals surface area (Å²) in [5.41, 5.74) is 2.10. The average Bonchev–Trinajstić information content (AvgIpc) is 3.04.